The van der Waals surface area contributed by atoms with Gasteiger partial charge in [0.1, 0.15) is 18.1 Å². The molecule has 1 aliphatic heterocycles. The van der Waals surface area contributed by atoms with Crippen molar-refractivity contribution in [2.75, 3.05) is 32.8 Å². The highest BCUT2D eigenvalue weighted by Gasteiger charge is 2.15. The third-order valence-electron chi connectivity index (χ3n) is 4.34. The molecule has 0 bridgehead atoms. The molecule has 0 unspecified atom stereocenters. The van der Waals surface area contributed by atoms with E-state index < -0.39 is 0 Å². The predicted molar refractivity (Wildman–Crippen MR) is 104 cm³/mol. The third kappa shape index (κ3) is 5.86. The van der Waals surface area contributed by atoms with E-state index in [0.29, 0.717) is 13.2 Å². The lowest BCUT2D eigenvalue weighted by Crippen LogP contribution is -2.47. The van der Waals surface area contributed by atoms with Crippen molar-refractivity contribution in [1.82, 2.24) is 15.6 Å². The van der Waals surface area contributed by atoms with Gasteiger partial charge >= 0.3 is 0 Å². The lowest BCUT2D eigenvalue weighted by atomic mass is 10.0. The van der Waals surface area contributed by atoms with Crippen molar-refractivity contribution >= 4 is 0 Å². The van der Waals surface area contributed by atoms with Crippen LogP contribution in [-0.2, 0) is 13.0 Å². The molecule has 1 fully saturated rings. The number of benzene rings is 1. The number of nitrogens with one attached hydrogen (secondary N) is 2. The van der Waals surface area contributed by atoms with Gasteiger partial charge in [-0.05, 0) is 41.3 Å². The first-order valence-corrected chi connectivity index (χ1v) is 9.14. The monoisotopic (exact) mass is 353 g/mol. The molecule has 2 N–H and O–H groups in total. The Morgan fingerprint density at radius 1 is 1.12 bits per heavy atom. The normalized spacial score (nSPS) is 13.8. The molecule has 5 nitrogen and oxygen atoms in total. The molecule has 0 aliphatic carbocycles. The molecule has 0 amide bonds. The van der Waals surface area contributed by atoms with Gasteiger partial charge in [-0.2, -0.15) is 0 Å². The van der Waals surface area contributed by atoms with Crippen molar-refractivity contribution < 1.29 is 9.47 Å². The summed E-state index contributed by atoms with van der Waals surface area (Å²) in [5.41, 5.74) is 2.38. The average molecular weight is 353 g/mol. The fourth-order valence-corrected chi connectivity index (χ4v) is 2.80. The van der Waals surface area contributed by atoms with Gasteiger partial charge in [-0.3, -0.25) is 4.98 Å². The standard InChI is InChI=1S/C21H27N3O2/c1-2-8-25-20-10-18(13-23-14-19-15-24-16-19)11-21(12-20)26-9-5-17-3-6-22-7-4-17/h2-4,6-7,10-12,19,23-24H,1,5,8-9,13-16H2. The molecule has 1 aromatic carbocycles. The van der Waals surface area contributed by atoms with E-state index in [9.17, 15) is 0 Å². The second kappa shape index (κ2) is 9.94. The molecule has 0 spiro atoms. The summed E-state index contributed by atoms with van der Waals surface area (Å²) < 4.78 is 11.7. The second-order valence-electron chi connectivity index (χ2n) is 6.52. The number of nitrogens with zero attached hydrogens (tertiary/aromatic N) is 1. The van der Waals surface area contributed by atoms with Crippen molar-refractivity contribution in [1.29, 1.82) is 0 Å². The largest absolute Gasteiger partial charge is 0.493 e. The molecule has 1 aliphatic rings. The third-order valence-corrected chi connectivity index (χ3v) is 4.34. The Bertz CT molecular complexity index is 687. The quantitative estimate of drug-likeness (QED) is 0.608. The molecule has 0 radical (unpaired) electrons. The van der Waals surface area contributed by atoms with Crippen LogP contribution >= 0.6 is 0 Å². The van der Waals surface area contributed by atoms with E-state index >= 15 is 0 Å². The zero-order valence-electron chi connectivity index (χ0n) is 15.1. The Morgan fingerprint density at radius 2 is 1.88 bits per heavy atom. The Labute approximate surface area is 155 Å². The Hall–Kier alpha value is -2.37. The summed E-state index contributed by atoms with van der Waals surface area (Å²) in [7, 11) is 0. The maximum absolute atomic E-state index is 5.97. The topological polar surface area (TPSA) is 55.4 Å². The SMILES string of the molecule is C=CCOc1cc(CNCC2CNC2)cc(OCCc2ccncc2)c1. The summed E-state index contributed by atoms with van der Waals surface area (Å²) in [6, 6.07) is 10.1. The number of hydrogen-bond donors (Lipinski definition) is 2. The van der Waals surface area contributed by atoms with Gasteiger partial charge in [-0.15, -0.1) is 0 Å². The van der Waals surface area contributed by atoms with Gasteiger partial charge in [0.25, 0.3) is 0 Å². The van der Waals surface area contributed by atoms with Crippen LogP contribution in [0.5, 0.6) is 11.5 Å². The number of rotatable bonds is 11. The Kier molecular flexibility index (Phi) is 7.05. The second-order valence-corrected chi connectivity index (χ2v) is 6.52. The fourth-order valence-electron chi connectivity index (χ4n) is 2.80. The van der Waals surface area contributed by atoms with Gasteiger partial charge in [0.2, 0.25) is 0 Å². The highest BCUT2D eigenvalue weighted by atomic mass is 16.5. The van der Waals surface area contributed by atoms with E-state index in [4.69, 9.17) is 9.47 Å². The van der Waals surface area contributed by atoms with Crippen molar-refractivity contribution in [3.05, 3.63) is 66.5 Å². The lowest BCUT2D eigenvalue weighted by Gasteiger charge is -2.27. The van der Waals surface area contributed by atoms with Crippen LogP contribution in [0.1, 0.15) is 11.1 Å². The molecule has 26 heavy (non-hydrogen) atoms. The molecule has 0 saturated carbocycles. The maximum Gasteiger partial charge on any atom is 0.123 e. The molecule has 2 aromatic rings. The van der Waals surface area contributed by atoms with Gasteiger partial charge in [-0.25, -0.2) is 0 Å². The summed E-state index contributed by atoms with van der Waals surface area (Å²) in [5.74, 6) is 2.39. The van der Waals surface area contributed by atoms with E-state index in [-0.39, 0.29) is 0 Å². The minimum Gasteiger partial charge on any atom is -0.493 e. The van der Waals surface area contributed by atoms with E-state index in [1.807, 2.05) is 18.2 Å². The maximum atomic E-state index is 5.97. The van der Waals surface area contributed by atoms with E-state index in [0.717, 1.165) is 55.6 Å². The van der Waals surface area contributed by atoms with E-state index in [1.54, 1.807) is 18.5 Å². The minimum atomic E-state index is 0.487. The first kappa shape index (κ1) is 18.4. The van der Waals surface area contributed by atoms with Crippen LogP contribution in [0.2, 0.25) is 0 Å². The Morgan fingerprint density at radius 3 is 2.58 bits per heavy atom. The van der Waals surface area contributed by atoms with Gasteiger partial charge in [0, 0.05) is 51.1 Å². The highest BCUT2D eigenvalue weighted by Crippen LogP contribution is 2.23. The zero-order valence-corrected chi connectivity index (χ0v) is 15.1. The molecule has 1 saturated heterocycles. The van der Waals surface area contributed by atoms with E-state index in [2.05, 4.69) is 34.3 Å². The first-order chi connectivity index (χ1) is 12.8. The van der Waals surface area contributed by atoms with Crippen LogP contribution in [-0.4, -0.2) is 37.8 Å². The van der Waals surface area contributed by atoms with Crippen molar-refractivity contribution in [2.24, 2.45) is 5.92 Å². The first-order valence-electron chi connectivity index (χ1n) is 9.14. The zero-order chi connectivity index (χ0) is 18.0. The minimum absolute atomic E-state index is 0.487. The molecular weight excluding hydrogens is 326 g/mol. The van der Waals surface area contributed by atoms with Crippen molar-refractivity contribution in [2.45, 2.75) is 13.0 Å². The number of ether oxygens (including phenoxy) is 2. The Balaban J connectivity index is 1.56. The van der Waals surface area contributed by atoms with Crippen molar-refractivity contribution in [3.63, 3.8) is 0 Å². The summed E-state index contributed by atoms with van der Waals surface area (Å²) in [5, 5.41) is 6.81. The van der Waals surface area contributed by atoms with Crippen LogP contribution in [0.3, 0.4) is 0 Å². The molecule has 2 heterocycles. The molecule has 3 rings (SSSR count). The molecule has 0 atom stereocenters. The fraction of sp³-hybridized carbons (Fsp3) is 0.381. The van der Waals surface area contributed by atoms with Gasteiger partial charge in [-0.1, -0.05) is 12.7 Å². The molecule has 5 heteroatoms. The molecule has 1 aromatic heterocycles. The summed E-state index contributed by atoms with van der Waals surface area (Å²) in [6.45, 7) is 8.88. The lowest BCUT2D eigenvalue weighted by molar-refractivity contribution is 0.314. The number of hydrogen-bond acceptors (Lipinski definition) is 5. The van der Waals surface area contributed by atoms with Crippen LogP contribution in [0.25, 0.3) is 0 Å². The van der Waals surface area contributed by atoms with Crippen LogP contribution in [0.4, 0.5) is 0 Å². The summed E-state index contributed by atoms with van der Waals surface area (Å²) >= 11 is 0. The molecular formula is C21H27N3O2. The average Bonchev–Trinajstić information content (AvgIpc) is 2.63. The van der Waals surface area contributed by atoms with Gasteiger partial charge in [0.05, 0.1) is 6.61 Å². The highest BCUT2D eigenvalue weighted by molar-refractivity contribution is 5.38. The summed E-state index contributed by atoms with van der Waals surface area (Å²) in [6.07, 6.45) is 6.21. The number of pyridine rings is 1. The number of aromatic nitrogens is 1. The van der Waals surface area contributed by atoms with Crippen LogP contribution < -0.4 is 20.1 Å². The van der Waals surface area contributed by atoms with Crippen LogP contribution in [0.15, 0.2) is 55.4 Å². The van der Waals surface area contributed by atoms with Crippen LogP contribution in [0, 0.1) is 5.92 Å². The van der Waals surface area contributed by atoms with Crippen molar-refractivity contribution in [3.8, 4) is 11.5 Å². The van der Waals surface area contributed by atoms with E-state index in [1.165, 1.54) is 5.56 Å². The van der Waals surface area contributed by atoms with Gasteiger partial charge in [0.15, 0.2) is 0 Å². The van der Waals surface area contributed by atoms with Gasteiger partial charge < -0.3 is 20.1 Å². The summed E-state index contributed by atoms with van der Waals surface area (Å²) in [4.78, 5) is 4.04. The molecule has 138 valence electrons. The predicted octanol–water partition coefficient (Wildman–Crippen LogP) is 2.58. The smallest absolute Gasteiger partial charge is 0.123 e.